The molecule has 1 aliphatic heterocycles. The molecule has 0 radical (unpaired) electrons. The second-order valence-electron chi connectivity index (χ2n) is 5.72. The standard InChI is InChI=1S/C16H22FNO2/c1-12-4-5-14(17)10-15(12)16(3)11-20-9-8-18(16)7-6-13(2)19/h4-5,10H,6-9,11H2,1-3H3. The SMILES string of the molecule is CC(=O)CCN1CCOCC1(C)c1cc(F)ccc1C. The van der Waals surface area contributed by atoms with Crippen molar-refractivity contribution >= 4 is 5.78 Å². The summed E-state index contributed by atoms with van der Waals surface area (Å²) in [6.07, 6.45) is 0.518. The smallest absolute Gasteiger partial charge is 0.131 e. The third-order valence-corrected chi connectivity index (χ3v) is 4.10. The van der Waals surface area contributed by atoms with E-state index in [2.05, 4.69) is 11.8 Å². The lowest BCUT2D eigenvalue weighted by Crippen LogP contribution is -2.53. The van der Waals surface area contributed by atoms with Crippen molar-refractivity contribution in [2.45, 2.75) is 32.7 Å². The first-order valence-electron chi connectivity index (χ1n) is 7.02. The van der Waals surface area contributed by atoms with Crippen LogP contribution in [-0.2, 0) is 15.1 Å². The van der Waals surface area contributed by atoms with Gasteiger partial charge in [0.1, 0.15) is 11.6 Å². The number of carbonyl (C=O) groups is 1. The summed E-state index contributed by atoms with van der Waals surface area (Å²) in [5, 5.41) is 0. The monoisotopic (exact) mass is 279 g/mol. The molecule has 0 N–H and O–H groups in total. The molecule has 20 heavy (non-hydrogen) atoms. The van der Waals surface area contributed by atoms with Crippen LogP contribution in [0.3, 0.4) is 0 Å². The van der Waals surface area contributed by atoms with Crippen molar-refractivity contribution in [3.05, 3.63) is 35.1 Å². The molecule has 1 aromatic rings. The van der Waals surface area contributed by atoms with Crippen molar-refractivity contribution in [1.82, 2.24) is 4.90 Å². The number of morpholine rings is 1. The summed E-state index contributed by atoms with van der Waals surface area (Å²) in [4.78, 5) is 13.5. The second-order valence-corrected chi connectivity index (χ2v) is 5.72. The number of hydrogen-bond donors (Lipinski definition) is 0. The molecule has 0 saturated carbocycles. The zero-order chi connectivity index (χ0) is 14.8. The minimum Gasteiger partial charge on any atom is -0.378 e. The number of benzene rings is 1. The Morgan fingerprint density at radius 2 is 2.25 bits per heavy atom. The number of halogens is 1. The topological polar surface area (TPSA) is 29.5 Å². The Kier molecular flexibility index (Phi) is 4.55. The van der Waals surface area contributed by atoms with Crippen LogP contribution in [0.25, 0.3) is 0 Å². The summed E-state index contributed by atoms with van der Waals surface area (Å²) < 4.78 is 19.2. The molecule has 1 atom stereocenters. The van der Waals surface area contributed by atoms with Gasteiger partial charge >= 0.3 is 0 Å². The van der Waals surface area contributed by atoms with Crippen LogP contribution in [0.2, 0.25) is 0 Å². The van der Waals surface area contributed by atoms with Gasteiger partial charge in [0, 0.05) is 19.5 Å². The Bertz CT molecular complexity index is 503. The molecule has 110 valence electrons. The van der Waals surface area contributed by atoms with Gasteiger partial charge in [-0.3, -0.25) is 9.69 Å². The van der Waals surface area contributed by atoms with Crippen molar-refractivity contribution in [3.8, 4) is 0 Å². The van der Waals surface area contributed by atoms with E-state index in [0.29, 0.717) is 26.2 Å². The van der Waals surface area contributed by atoms with Gasteiger partial charge in [0.25, 0.3) is 0 Å². The number of rotatable bonds is 4. The fraction of sp³-hybridized carbons (Fsp3) is 0.562. The van der Waals surface area contributed by atoms with E-state index in [1.165, 1.54) is 6.07 Å². The fourth-order valence-electron chi connectivity index (χ4n) is 2.86. The Hall–Kier alpha value is -1.26. The molecule has 4 heteroatoms. The number of aryl methyl sites for hydroxylation is 1. The first-order valence-corrected chi connectivity index (χ1v) is 7.02. The third kappa shape index (κ3) is 3.07. The molecule has 0 spiro atoms. The highest BCUT2D eigenvalue weighted by Crippen LogP contribution is 2.33. The van der Waals surface area contributed by atoms with Gasteiger partial charge in [-0.1, -0.05) is 6.07 Å². The quantitative estimate of drug-likeness (QED) is 0.848. The van der Waals surface area contributed by atoms with E-state index in [0.717, 1.165) is 17.7 Å². The molecular formula is C16H22FNO2. The summed E-state index contributed by atoms with van der Waals surface area (Å²) in [5.41, 5.74) is 1.62. The molecule has 3 nitrogen and oxygen atoms in total. The van der Waals surface area contributed by atoms with E-state index in [1.807, 2.05) is 6.92 Å². The van der Waals surface area contributed by atoms with E-state index in [1.54, 1.807) is 19.1 Å². The second kappa shape index (κ2) is 6.02. The molecule has 2 rings (SSSR count). The predicted octanol–water partition coefficient (Wildman–Crippen LogP) is 2.66. The number of ether oxygens (including phenoxy) is 1. The van der Waals surface area contributed by atoms with Gasteiger partial charge in [-0.25, -0.2) is 4.39 Å². The highest BCUT2D eigenvalue weighted by Gasteiger charge is 2.37. The average Bonchev–Trinajstić information content (AvgIpc) is 2.40. The average molecular weight is 279 g/mol. The molecule has 1 saturated heterocycles. The van der Waals surface area contributed by atoms with Crippen LogP contribution >= 0.6 is 0 Å². The Morgan fingerprint density at radius 3 is 2.95 bits per heavy atom. The molecule has 1 unspecified atom stereocenters. The molecule has 0 amide bonds. The van der Waals surface area contributed by atoms with Crippen LogP contribution in [-0.4, -0.2) is 37.0 Å². The highest BCUT2D eigenvalue weighted by atomic mass is 19.1. The van der Waals surface area contributed by atoms with Gasteiger partial charge in [-0.05, 0) is 44.0 Å². The summed E-state index contributed by atoms with van der Waals surface area (Å²) in [5.74, 6) is -0.0567. The normalized spacial score (nSPS) is 23.8. The van der Waals surface area contributed by atoms with Crippen LogP contribution in [0.15, 0.2) is 18.2 Å². The summed E-state index contributed by atoms with van der Waals surface area (Å²) in [6, 6.07) is 4.87. The maximum Gasteiger partial charge on any atom is 0.131 e. The highest BCUT2D eigenvalue weighted by molar-refractivity contribution is 5.75. The van der Waals surface area contributed by atoms with E-state index >= 15 is 0 Å². The Morgan fingerprint density at radius 1 is 1.50 bits per heavy atom. The lowest BCUT2D eigenvalue weighted by atomic mass is 9.86. The van der Waals surface area contributed by atoms with Gasteiger partial charge in [0.05, 0.1) is 18.8 Å². The number of ketones is 1. The molecule has 1 aromatic carbocycles. The van der Waals surface area contributed by atoms with Gasteiger partial charge in [0.15, 0.2) is 0 Å². The van der Waals surface area contributed by atoms with E-state index < -0.39 is 0 Å². The maximum absolute atomic E-state index is 13.6. The van der Waals surface area contributed by atoms with E-state index in [4.69, 9.17) is 4.74 Å². The molecule has 1 heterocycles. The third-order valence-electron chi connectivity index (χ3n) is 4.10. The zero-order valence-electron chi connectivity index (χ0n) is 12.4. The lowest BCUT2D eigenvalue weighted by Gasteiger charge is -2.45. The van der Waals surface area contributed by atoms with Gasteiger partial charge in [-0.15, -0.1) is 0 Å². The minimum absolute atomic E-state index is 0.176. The van der Waals surface area contributed by atoms with E-state index in [-0.39, 0.29) is 17.1 Å². The summed E-state index contributed by atoms with van der Waals surface area (Å²) in [6.45, 7) is 8.28. The fourth-order valence-corrected chi connectivity index (χ4v) is 2.86. The lowest BCUT2D eigenvalue weighted by molar-refractivity contribution is -0.119. The first-order chi connectivity index (χ1) is 9.43. The molecule has 0 aliphatic carbocycles. The first kappa shape index (κ1) is 15.1. The van der Waals surface area contributed by atoms with Crippen LogP contribution in [0, 0.1) is 12.7 Å². The largest absolute Gasteiger partial charge is 0.378 e. The van der Waals surface area contributed by atoms with Gasteiger partial charge in [0.2, 0.25) is 0 Å². The van der Waals surface area contributed by atoms with Crippen molar-refractivity contribution in [2.75, 3.05) is 26.3 Å². The van der Waals surface area contributed by atoms with Crippen LogP contribution in [0.5, 0.6) is 0 Å². The Labute approximate surface area is 119 Å². The van der Waals surface area contributed by atoms with Crippen LogP contribution in [0.1, 0.15) is 31.4 Å². The Balaban J connectivity index is 2.32. The van der Waals surface area contributed by atoms with Gasteiger partial charge < -0.3 is 4.74 Å². The molecule has 1 aliphatic rings. The molecular weight excluding hydrogens is 257 g/mol. The summed E-state index contributed by atoms with van der Waals surface area (Å²) in [7, 11) is 0. The summed E-state index contributed by atoms with van der Waals surface area (Å²) >= 11 is 0. The minimum atomic E-state index is -0.375. The van der Waals surface area contributed by atoms with Crippen LogP contribution in [0.4, 0.5) is 4.39 Å². The maximum atomic E-state index is 13.6. The number of hydrogen-bond acceptors (Lipinski definition) is 3. The zero-order valence-corrected chi connectivity index (χ0v) is 12.4. The van der Waals surface area contributed by atoms with Crippen molar-refractivity contribution < 1.29 is 13.9 Å². The predicted molar refractivity (Wildman–Crippen MR) is 76.2 cm³/mol. The van der Waals surface area contributed by atoms with Crippen LogP contribution < -0.4 is 0 Å². The number of carbonyl (C=O) groups excluding carboxylic acids is 1. The molecule has 0 aromatic heterocycles. The van der Waals surface area contributed by atoms with Crippen molar-refractivity contribution in [3.63, 3.8) is 0 Å². The number of nitrogens with zero attached hydrogens (tertiary/aromatic N) is 1. The molecule has 1 fully saturated rings. The van der Waals surface area contributed by atoms with Crippen molar-refractivity contribution in [1.29, 1.82) is 0 Å². The van der Waals surface area contributed by atoms with E-state index in [9.17, 15) is 9.18 Å². The number of Topliss-reactive ketones (excluding diaryl/α,β-unsaturated/α-hetero) is 1. The van der Waals surface area contributed by atoms with Gasteiger partial charge in [-0.2, -0.15) is 0 Å². The molecule has 0 bridgehead atoms. The van der Waals surface area contributed by atoms with Crippen molar-refractivity contribution in [2.24, 2.45) is 0 Å².